The van der Waals surface area contributed by atoms with Crippen LogP contribution in [-0.2, 0) is 16.6 Å². The Morgan fingerprint density at radius 1 is 1.09 bits per heavy atom. The number of sulfonamides is 1. The molecule has 0 saturated carbocycles. The zero-order chi connectivity index (χ0) is 15.7. The van der Waals surface area contributed by atoms with Gasteiger partial charge in [-0.2, -0.15) is 4.31 Å². The van der Waals surface area contributed by atoms with E-state index in [1.54, 1.807) is 43.4 Å². The average Bonchev–Trinajstić information content (AvgIpc) is 2.95. The Morgan fingerprint density at radius 3 is 2.50 bits per heavy atom. The average molecular weight is 384 g/mol. The van der Waals surface area contributed by atoms with Crippen LogP contribution >= 0.6 is 15.9 Å². The van der Waals surface area contributed by atoms with Gasteiger partial charge in [0.2, 0.25) is 16.8 Å². The summed E-state index contributed by atoms with van der Waals surface area (Å²) in [7, 11) is -1.97. The summed E-state index contributed by atoms with van der Waals surface area (Å²) in [6.07, 6.45) is 0. The van der Waals surface area contributed by atoms with E-state index in [0.717, 1.165) is 10.0 Å². The van der Waals surface area contributed by atoms with E-state index in [4.69, 9.17) is 9.47 Å². The van der Waals surface area contributed by atoms with Gasteiger partial charge in [-0.15, -0.1) is 0 Å². The number of rotatable bonds is 4. The summed E-state index contributed by atoms with van der Waals surface area (Å²) in [6, 6.07) is 12.0. The fourth-order valence-electron chi connectivity index (χ4n) is 2.17. The Hall–Kier alpha value is -1.57. The van der Waals surface area contributed by atoms with Crippen molar-refractivity contribution in [1.29, 1.82) is 0 Å². The molecule has 1 aliphatic heterocycles. The van der Waals surface area contributed by atoms with Crippen LogP contribution < -0.4 is 9.47 Å². The van der Waals surface area contributed by atoms with Gasteiger partial charge in [0.05, 0.1) is 4.90 Å². The summed E-state index contributed by atoms with van der Waals surface area (Å²) in [4.78, 5) is 0.263. The lowest BCUT2D eigenvalue weighted by Crippen LogP contribution is -2.26. The third-order valence-electron chi connectivity index (χ3n) is 3.36. The van der Waals surface area contributed by atoms with E-state index in [1.807, 2.05) is 6.07 Å². The summed E-state index contributed by atoms with van der Waals surface area (Å²) in [5, 5.41) is 0. The maximum atomic E-state index is 12.5. The quantitative estimate of drug-likeness (QED) is 0.814. The minimum absolute atomic E-state index is 0.200. The van der Waals surface area contributed by atoms with Gasteiger partial charge in [-0.25, -0.2) is 8.42 Å². The molecule has 5 nitrogen and oxygen atoms in total. The first-order valence-corrected chi connectivity index (χ1v) is 8.80. The number of hydrogen-bond donors (Lipinski definition) is 0. The predicted octanol–water partition coefficient (Wildman–Crippen LogP) is 3.00. The SMILES string of the molecule is CN(Cc1ccc2c(c1)OCO2)S(=O)(=O)c1ccc(Br)cc1. The van der Waals surface area contributed by atoms with Crippen molar-refractivity contribution < 1.29 is 17.9 Å². The molecule has 0 N–H and O–H groups in total. The number of ether oxygens (including phenoxy) is 2. The van der Waals surface area contributed by atoms with Crippen molar-refractivity contribution in [2.75, 3.05) is 13.8 Å². The molecule has 0 spiro atoms. The number of nitrogens with zero attached hydrogens (tertiary/aromatic N) is 1. The van der Waals surface area contributed by atoms with E-state index in [-0.39, 0.29) is 18.2 Å². The molecular formula is C15H14BrNO4S. The lowest BCUT2D eigenvalue weighted by molar-refractivity contribution is 0.174. The second kappa shape index (κ2) is 5.91. The molecule has 0 bridgehead atoms. The Bertz CT molecular complexity index is 790. The molecular weight excluding hydrogens is 370 g/mol. The van der Waals surface area contributed by atoms with Crippen molar-refractivity contribution >= 4 is 26.0 Å². The van der Waals surface area contributed by atoms with E-state index in [9.17, 15) is 8.42 Å². The Balaban J connectivity index is 1.81. The van der Waals surface area contributed by atoms with E-state index in [2.05, 4.69) is 15.9 Å². The lowest BCUT2D eigenvalue weighted by Gasteiger charge is -2.17. The van der Waals surface area contributed by atoms with Crippen LogP contribution in [0, 0.1) is 0 Å². The first-order chi connectivity index (χ1) is 10.5. The van der Waals surface area contributed by atoms with Crippen LogP contribution in [0.3, 0.4) is 0 Å². The minimum atomic E-state index is -3.53. The molecule has 0 radical (unpaired) electrons. The lowest BCUT2D eigenvalue weighted by atomic mass is 10.2. The van der Waals surface area contributed by atoms with Gasteiger partial charge in [0.1, 0.15) is 0 Å². The van der Waals surface area contributed by atoms with E-state index in [0.29, 0.717) is 11.5 Å². The highest BCUT2D eigenvalue weighted by atomic mass is 79.9. The van der Waals surface area contributed by atoms with Crippen molar-refractivity contribution in [2.24, 2.45) is 0 Å². The zero-order valence-corrected chi connectivity index (χ0v) is 14.2. The summed E-state index contributed by atoms with van der Waals surface area (Å²) < 4.78 is 37.8. The third-order valence-corrected chi connectivity index (χ3v) is 5.71. The highest BCUT2D eigenvalue weighted by Crippen LogP contribution is 2.33. The summed E-state index contributed by atoms with van der Waals surface area (Å²) in [5.41, 5.74) is 0.840. The van der Waals surface area contributed by atoms with E-state index in [1.165, 1.54) is 4.31 Å². The smallest absolute Gasteiger partial charge is 0.243 e. The molecule has 22 heavy (non-hydrogen) atoms. The molecule has 0 amide bonds. The Morgan fingerprint density at radius 2 is 1.77 bits per heavy atom. The van der Waals surface area contributed by atoms with Crippen LogP contribution in [0.25, 0.3) is 0 Å². The fraction of sp³-hybridized carbons (Fsp3) is 0.200. The third kappa shape index (κ3) is 2.97. The molecule has 0 unspecified atom stereocenters. The first-order valence-electron chi connectivity index (χ1n) is 6.57. The molecule has 2 aromatic carbocycles. The van der Waals surface area contributed by atoms with Crippen molar-refractivity contribution in [2.45, 2.75) is 11.4 Å². The molecule has 0 aliphatic carbocycles. The summed E-state index contributed by atoms with van der Waals surface area (Å²) in [5.74, 6) is 1.33. The maximum absolute atomic E-state index is 12.5. The number of benzene rings is 2. The largest absolute Gasteiger partial charge is 0.454 e. The van der Waals surface area contributed by atoms with Gasteiger partial charge in [0.25, 0.3) is 0 Å². The van der Waals surface area contributed by atoms with Gasteiger partial charge in [-0.3, -0.25) is 0 Å². The first kappa shape index (κ1) is 15.3. The van der Waals surface area contributed by atoms with Crippen molar-refractivity contribution in [3.8, 4) is 11.5 Å². The molecule has 1 aliphatic rings. The van der Waals surface area contributed by atoms with Crippen molar-refractivity contribution in [3.05, 3.63) is 52.5 Å². The highest BCUT2D eigenvalue weighted by Gasteiger charge is 2.22. The molecule has 116 valence electrons. The van der Waals surface area contributed by atoms with Crippen LogP contribution in [0.15, 0.2) is 51.8 Å². The second-order valence-electron chi connectivity index (χ2n) is 4.90. The molecule has 3 rings (SSSR count). The predicted molar refractivity (Wildman–Crippen MR) is 85.4 cm³/mol. The zero-order valence-electron chi connectivity index (χ0n) is 11.8. The molecule has 0 saturated heterocycles. The van der Waals surface area contributed by atoms with E-state index < -0.39 is 10.0 Å². The number of halogens is 1. The van der Waals surface area contributed by atoms with Crippen LogP contribution in [0.5, 0.6) is 11.5 Å². The van der Waals surface area contributed by atoms with Crippen molar-refractivity contribution in [1.82, 2.24) is 4.31 Å². The van der Waals surface area contributed by atoms with Gasteiger partial charge in [0.15, 0.2) is 11.5 Å². The fourth-order valence-corrected chi connectivity index (χ4v) is 3.59. The molecule has 0 atom stereocenters. The monoisotopic (exact) mass is 383 g/mol. The van der Waals surface area contributed by atoms with Gasteiger partial charge in [0, 0.05) is 18.1 Å². The molecule has 1 heterocycles. The Kier molecular flexibility index (Phi) is 4.12. The second-order valence-corrected chi connectivity index (χ2v) is 7.86. The molecule has 7 heteroatoms. The van der Waals surface area contributed by atoms with Gasteiger partial charge in [-0.05, 0) is 42.0 Å². The minimum Gasteiger partial charge on any atom is -0.454 e. The van der Waals surface area contributed by atoms with Gasteiger partial charge in [-0.1, -0.05) is 22.0 Å². The van der Waals surface area contributed by atoms with Crippen LogP contribution in [0.1, 0.15) is 5.56 Å². The van der Waals surface area contributed by atoms with Crippen molar-refractivity contribution in [3.63, 3.8) is 0 Å². The van der Waals surface area contributed by atoms with E-state index >= 15 is 0 Å². The normalized spacial score (nSPS) is 13.6. The molecule has 2 aromatic rings. The van der Waals surface area contributed by atoms with Gasteiger partial charge >= 0.3 is 0 Å². The molecule has 0 aromatic heterocycles. The maximum Gasteiger partial charge on any atom is 0.243 e. The van der Waals surface area contributed by atoms with Crippen LogP contribution in [0.4, 0.5) is 0 Å². The standard InChI is InChI=1S/C15H14BrNO4S/c1-17(22(18,19)13-5-3-12(16)4-6-13)9-11-2-7-14-15(8-11)21-10-20-14/h2-8H,9-10H2,1H3. The van der Waals surface area contributed by atoms with Crippen LogP contribution in [-0.4, -0.2) is 26.6 Å². The number of hydrogen-bond acceptors (Lipinski definition) is 4. The molecule has 0 fully saturated rings. The number of fused-ring (bicyclic) bond motifs is 1. The topological polar surface area (TPSA) is 55.8 Å². The highest BCUT2D eigenvalue weighted by molar-refractivity contribution is 9.10. The Labute approximate surface area is 137 Å². The van der Waals surface area contributed by atoms with Crippen LogP contribution in [0.2, 0.25) is 0 Å². The van der Waals surface area contributed by atoms with Gasteiger partial charge < -0.3 is 9.47 Å². The summed E-state index contributed by atoms with van der Waals surface area (Å²) >= 11 is 3.30. The summed E-state index contributed by atoms with van der Waals surface area (Å²) in [6.45, 7) is 0.459.